The summed E-state index contributed by atoms with van der Waals surface area (Å²) in [5, 5.41) is 3.42. The van der Waals surface area contributed by atoms with E-state index >= 15 is 0 Å². The van der Waals surface area contributed by atoms with Crippen molar-refractivity contribution in [1.29, 1.82) is 0 Å². The van der Waals surface area contributed by atoms with Crippen LogP contribution in [-0.4, -0.2) is 10.5 Å². The van der Waals surface area contributed by atoms with Crippen molar-refractivity contribution in [3.05, 3.63) is 47.3 Å². The van der Waals surface area contributed by atoms with E-state index < -0.39 is 0 Å². The number of oxazole rings is 1. The number of hydrogen-bond acceptors (Lipinski definition) is 4. The summed E-state index contributed by atoms with van der Waals surface area (Å²) >= 11 is 0. The van der Waals surface area contributed by atoms with Crippen LogP contribution >= 0.6 is 0 Å². The molecule has 0 saturated heterocycles. The maximum absolute atomic E-state index is 5.62. The van der Waals surface area contributed by atoms with Crippen LogP contribution in [0.25, 0.3) is 0 Å². The Labute approximate surface area is 119 Å². The Morgan fingerprint density at radius 2 is 1.85 bits per heavy atom. The summed E-state index contributed by atoms with van der Waals surface area (Å²) in [7, 11) is 0. The zero-order valence-electron chi connectivity index (χ0n) is 12.3. The molecule has 0 aliphatic carbocycles. The van der Waals surface area contributed by atoms with Crippen LogP contribution in [0.1, 0.15) is 37.6 Å². The third kappa shape index (κ3) is 2.85. The number of rotatable bonds is 3. The second kappa shape index (κ2) is 4.94. The molecule has 0 amide bonds. The molecule has 20 heavy (non-hydrogen) atoms. The fraction of sp³-hybridized carbons (Fsp3) is 0.438. The summed E-state index contributed by atoms with van der Waals surface area (Å²) in [6.07, 6.45) is 1.75. The fourth-order valence-electron chi connectivity index (χ4n) is 2.35. The summed E-state index contributed by atoms with van der Waals surface area (Å²) in [5.41, 5.74) is 3.76. The maximum atomic E-state index is 5.62. The molecule has 1 N–H and O–H groups in total. The van der Waals surface area contributed by atoms with Crippen molar-refractivity contribution in [2.75, 3.05) is 4.90 Å². The van der Waals surface area contributed by atoms with Gasteiger partial charge in [-0.25, -0.2) is 0 Å². The van der Waals surface area contributed by atoms with E-state index in [1.54, 1.807) is 6.26 Å². The van der Waals surface area contributed by atoms with E-state index in [0.29, 0.717) is 6.01 Å². The molecule has 106 valence electrons. The Morgan fingerprint density at radius 3 is 2.45 bits per heavy atom. The lowest BCUT2D eigenvalue weighted by Gasteiger charge is -2.19. The van der Waals surface area contributed by atoms with Gasteiger partial charge in [0, 0.05) is 25.2 Å². The third-order valence-electron chi connectivity index (χ3n) is 3.45. The van der Waals surface area contributed by atoms with Crippen LogP contribution in [0.15, 0.2) is 34.9 Å². The topological polar surface area (TPSA) is 41.3 Å². The molecule has 1 aromatic carbocycles. The molecule has 1 aromatic heterocycles. The van der Waals surface area contributed by atoms with Crippen LogP contribution in [-0.2, 0) is 19.6 Å². The monoisotopic (exact) mass is 271 g/mol. The van der Waals surface area contributed by atoms with Crippen molar-refractivity contribution in [3.8, 4) is 0 Å². The standard InChI is InChI=1S/C16H21N3O/c1-16(2,3)17-8-14-11-20-15(18-14)19-9-12-6-4-5-7-13(12)10-19/h4-7,11,17H,8-10H2,1-3H3. The van der Waals surface area contributed by atoms with Crippen LogP contribution < -0.4 is 10.2 Å². The first-order chi connectivity index (χ1) is 9.51. The molecule has 0 radical (unpaired) electrons. The van der Waals surface area contributed by atoms with E-state index in [9.17, 15) is 0 Å². The van der Waals surface area contributed by atoms with Gasteiger partial charge in [0.25, 0.3) is 6.01 Å². The van der Waals surface area contributed by atoms with Crippen molar-refractivity contribution in [3.63, 3.8) is 0 Å². The number of nitrogens with one attached hydrogen (secondary N) is 1. The summed E-state index contributed by atoms with van der Waals surface area (Å²) in [5.74, 6) is 0. The molecule has 0 atom stereocenters. The first-order valence-electron chi connectivity index (χ1n) is 7.02. The molecular formula is C16H21N3O. The number of anilines is 1. The summed E-state index contributed by atoms with van der Waals surface area (Å²) in [6.45, 7) is 8.92. The van der Waals surface area contributed by atoms with E-state index in [-0.39, 0.29) is 5.54 Å². The second-order valence-corrected chi connectivity index (χ2v) is 6.35. The van der Waals surface area contributed by atoms with Crippen molar-refractivity contribution in [2.45, 2.75) is 45.9 Å². The second-order valence-electron chi connectivity index (χ2n) is 6.35. The molecule has 2 aromatic rings. The molecule has 4 heteroatoms. The Morgan fingerprint density at radius 1 is 1.20 bits per heavy atom. The quantitative estimate of drug-likeness (QED) is 0.931. The number of fused-ring (bicyclic) bond motifs is 1. The Bertz CT molecular complexity index is 573. The minimum absolute atomic E-state index is 0.0863. The molecule has 0 bridgehead atoms. The highest BCUT2D eigenvalue weighted by atomic mass is 16.4. The van der Waals surface area contributed by atoms with Crippen molar-refractivity contribution < 1.29 is 4.42 Å². The predicted molar refractivity (Wildman–Crippen MR) is 79.4 cm³/mol. The molecular weight excluding hydrogens is 250 g/mol. The molecule has 3 rings (SSSR count). The van der Waals surface area contributed by atoms with Crippen LogP contribution in [0.3, 0.4) is 0 Å². The average molecular weight is 271 g/mol. The molecule has 1 aliphatic heterocycles. The zero-order valence-corrected chi connectivity index (χ0v) is 12.3. The van der Waals surface area contributed by atoms with E-state index in [1.807, 2.05) is 0 Å². The van der Waals surface area contributed by atoms with Crippen molar-refractivity contribution >= 4 is 6.01 Å². The van der Waals surface area contributed by atoms with Gasteiger partial charge in [0.1, 0.15) is 6.26 Å². The minimum Gasteiger partial charge on any atom is -0.432 e. The average Bonchev–Trinajstić information content (AvgIpc) is 3.01. The minimum atomic E-state index is 0.0863. The van der Waals surface area contributed by atoms with Gasteiger partial charge in [0.2, 0.25) is 0 Å². The lowest BCUT2D eigenvalue weighted by Crippen LogP contribution is -2.35. The van der Waals surface area contributed by atoms with E-state index in [0.717, 1.165) is 25.3 Å². The summed E-state index contributed by atoms with van der Waals surface area (Å²) < 4.78 is 5.62. The molecule has 2 heterocycles. The van der Waals surface area contributed by atoms with E-state index in [2.05, 4.69) is 60.2 Å². The van der Waals surface area contributed by atoms with Gasteiger partial charge >= 0.3 is 0 Å². The fourth-order valence-corrected chi connectivity index (χ4v) is 2.35. The molecule has 0 spiro atoms. The van der Waals surface area contributed by atoms with Crippen LogP contribution in [0, 0.1) is 0 Å². The summed E-state index contributed by atoms with van der Waals surface area (Å²) in [6, 6.07) is 9.21. The van der Waals surface area contributed by atoms with Gasteiger partial charge in [0.05, 0.1) is 5.69 Å². The Hall–Kier alpha value is -1.81. The molecule has 0 saturated carbocycles. The van der Waals surface area contributed by atoms with E-state index in [4.69, 9.17) is 4.42 Å². The van der Waals surface area contributed by atoms with Crippen molar-refractivity contribution in [1.82, 2.24) is 10.3 Å². The van der Waals surface area contributed by atoms with Gasteiger partial charge in [-0.05, 0) is 31.9 Å². The largest absolute Gasteiger partial charge is 0.432 e. The van der Waals surface area contributed by atoms with Crippen LogP contribution in [0.2, 0.25) is 0 Å². The SMILES string of the molecule is CC(C)(C)NCc1coc(N2Cc3ccccc3C2)n1. The smallest absolute Gasteiger partial charge is 0.298 e. The number of aromatic nitrogens is 1. The predicted octanol–water partition coefficient (Wildman–Crippen LogP) is 3.08. The Kier molecular flexibility index (Phi) is 3.26. The van der Waals surface area contributed by atoms with Gasteiger partial charge in [-0.15, -0.1) is 0 Å². The van der Waals surface area contributed by atoms with E-state index in [1.165, 1.54) is 11.1 Å². The zero-order chi connectivity index (χ0) is 14.2. The normalized spacial score (nSPS) is 14.7. The number of nitrogens with zero attached hydrogens (tertiary/aromatic N) is 2. The lowest BCUT2D eigenvalue weighted by atomic mass is 10.1. The Balaban J connectivity index is 1.67. The van der Waals surface area contributed by atoms with Gasteiger partial charge in [-0.2, -0.15) is 4.98 Å². The maximum Gasteiger partial charge on any atom is 0.298 e. The van der Waals surface area contributed by atoms with Crippen molar-refractivity contribution in [2.24, 2.45) is 0 Å². The van der Waals surface area contributed by atoms with Crippen LogP contribution in [0.4, 0.5) is 6.01 Å². The molecule has 4 nitrogen and oxygen atoms in total. The van der Waals surface area contributed by atoms with Gasteiger partial charge < -0.3 is 14.6 Å². The highest BCUT2D eigenvalue weighted by Gasteiger charge is 2.22. The molecule has 1 aliphatic rings. The number of hydrogen-bond donors (Lipinski definition) is 1. The van der Waals surface area contributed by atoms with Gasteiger partial charge in [-0.1, -0.05) is 24.3 Å². The highest BCUT2D eigenvalue weighted by Crippen LogP contribution is 2.27. The van der Waals surface area contributed by atoms with Gasteiger partial charge in [0.15, 0.2) is 0 Å². The molecule has 0 fully saturated rings. The highest BCUT2D eigenvalue weighted by molar-refractivity contribution is 5.42. The molecule has 0 unspecified atom stereocenters. The summed E-state index contributed by atoms with van der Waals surface area (Å²) in [4.78, 5) is 6.75. The number of benzene rings is 1. The van der Waals surface area contributed by atoms with Crippen LogP contribution in [0.5, 0.6) is 0 Å². The first kappa shape index (κ1) is 13.2. The third-order valence-corrected chi connectivity index (χ3v) is 3.45. The van der Waals surface area contributed by atoms with Gasteiger partial charge in [-0.3, -0.25) is 0 Å². The lowest BCUT2D eigenvalue weighted by molar-refractivity contribution is 0.421. The first-order valence-corrected chi connectivity index (χ1v) is 7.02.